The maximum absolute atomic E-state index is 10.7. The molecule has 102 valence electrons. The van der Waals surface area contributed by atoms with Crippen LogP contribution in [-0.4, -0.2) is 0 Å². The van der Waals surface area contributed by atoms with Crippen molar-refractivity contribution in [3.63, 3.8) is 0 Å². The summed E-state index contributed by atoms with van der Waals surface area (Å²) in [6.45, 7) is 9.93. The molecule has 0 bridgehead atoms. The van der Waals surface area contributed by atoms with Gasteiger partial charge < -0.3 is 18.9 Å². The van der Waals surface area contributed by atoms with Crippen LogP contribution in [0.5, 0.6) is 5.75 Å². The van der Waals surface area contributed by atoms with Crippen molar-refractivity contribution in [3.8, 4) is 5.75 Å². The van der Waals surface area contributed by atoms with Crippen LogP contribution < -0.4 is 73.4 Å². The Morgan fingerprint density at radius 2 is 1.65 bits per heavy atom. The molecule has 0 unspecified atom stereocenters. The smallest absolute Gasteiger partial charge is 0.780 e. The van der Waals surface area contributed by atoms with Crippen LogP contribution in [0.1, 0.15) is 51.7 Å². The summed E-state index contributed by atoms with van der Waals surface area (Å²) < 4.78 is 15.3. The van der Waals surface area contributed by atoms with Crippen molar-refractivity contribution in [1.29, 1.82) is 0 Å². The fraction of sp³-hybridized carbons (Fsp3) is 0.538. The fourth-order valence-corrected chi connectivity index (χ4v) is 2.09. The monoisotopic (exact) mass is 316 g/mol. The van der Waals surface area contributed by atoms with Gasteiger partial charge in [0.1, 0.15) is 13.6 Å². The van der Waals surface area contributed by atoms with Crippen molar-refractivity contribution >= 4 is 7.82 Å². The molecule has 0 atom stereocenters. The molecular weight excluding hydrogens is 297 g/mol. The summed E-state index contributed by atoms with van der Waals surface area (Å²) in [6, 6.07) is 5.24. The molecule has 0 aliphatic heterocycles. The van der Waals surface area contributed by atoms with E-state index < -0.39 is 7.82 Å². The summed E-state index contributed by atoms with van der Waals surface area (Å²) in [5.41, 5.74) is 1.51. The van der Waals surface area contributed by atoms with Crippen LogP contribution in [0.3, 0.4) is 0 Å². The number of hydrogen-bond acceptors (Lipinski definition) is 4. The predicted octanol–water partition coefficient (Wildman–Crippen LogP) is -3.68. The summed E-state index contributed by atoms with van der Waals surface area (Å²) in [4.78, 5) is 21.5. The Balaban J connectivity index is 0. The SMILES string of the molecule is CC(C)c1ccc(OP(=O)([O-])[O-])c(C(C)(C)C)c1.[Na+].[Na+]. The topological polar surface area (TPSA) is 72.4 Å². The van der Waals surface area contributed by atoms with E-state index in [1.165, 1.54) is 0 Å². The van der Waals surface area contributed by atoms with Gasteiger partial charge in [-0.25, -0.2) is 0 Å². The van der Waals surface area contributed by atoms with Gasteiger partial charge in [0.25, 0.3) is 0 Å². The van der Waals surface area contributed by atoms with E-state index in [1.54, 1.807) is 12.1 Å². The normalized spacial score (nSPS) is 11.6. The molecule has 0 radical (unpaired) electrons. The minimum absolute atomic E-state index is 0. The number of benzene rings is 1. The van der Waals surface area contributed by atoms with Gasteiger partial charge in [-0.1, -0.05) is 46.8 Å². The molecule has 0 aromatic heterocycles. The van der Waals surface area contributed by atoms with E-state index >= 15 is 0 Å². The zero-order valence-electron chi connectivity index (χ0n) is 13.4. The molecule has 4 nitrogen and oxygen atoms in total. The maximum Gasteiger partial charge on any atom is 1.00 e. The Labute approximate surface area is 165 Å². The van der Waals surface area contributed by atoms with Crippen LogP contribution in [0, 0.1) is 0 Å². The Bertz CT molecular complexity index is 478. The molecule has 0 spiro atoms. The third-order valence-corrected chi connectivity index (χ3v) is 3.11. The van der Waals surface area contributed by atoms with Crippen molar-refractivity contribution in [3.05, 3.63) is 29.3 Å². The van der Waals surface area contributed by atoms with Crippen LogP contribution in [-0.2, 0) is 9.98 Å². The molecule has 0 N–H and O–H groups in total. The maximum atomic E-state index is 10.7. The van der Waals surface area contributed by atoms with Crippen molar-refractivity contribution in [1.82, 2.24) is 0 Å². The van der Waals surface area contributed by atoms with Crippen LogP contribution >= 0.6 is 7.82 Å². The number of hydrogen-bond donors (Lipinski definition) is 0. The third kappa shape index (κ3) is 7.44. The summed E-state index contributed by atoms with van der Waals surface area (Å²) in [5, 5.41) is 0. The van der Waals surface area contributed by atoms with Gasteiger partial charge in [-0.2, -0.15) is 0 Å². The van der Waals surface area contributed by atoms with Crippen molar-refractivity contribution in [2.45, 2.75) is 46.0 Å². The minimum Gasteiger partial charge on any atom is -0.780 e. The van der Waals surface area contributed by atoms with E-state index in [2.05, 4.69) is 4.52 Å². The quantitative estimate of drug-likeness (QED) is 0.425. The minimum atomic E-state index is -5.02. The van der Waals surface area contributed by atoms with Crippen LogP contribution in [0.4, 0.5) is 0 Å². The summed E-state index contributed by atoms with van der Waals surface area (Å²) in [7, 11) is -5.02. The fourth-order valence-electron chi connectivity index (χ4n) is 1.69. The molecule has 0 aliphatic carbocycles. The molecule has 0 amide bonds. The first-order valence-electron chi connectivity index (χ1n) is 5.87. The van der Waals surface area contributed by atoms with Crippen LogP contribution in [0.15, 0.2) is 18.2 Å². The first-order valence-corrected chi connectivity index (χ1v) is 7.33. The first-order chi connectivity index (χ1) is 8.00. The Hall–Kier alpha value is 1.17. The van der Waals surface area contributed by atoms with E-state index in [9.17, 15) is 14.4 Å². The van der Waals surface area contributed by atoms with Gasteiger partial charge in [0.15, 0.2) is 0 Å². The van der Waals surface area contributed by atoms with Gasteiger partial charge in [0.2, 0.25) is 0 Å². The molecular formula is C13H19Na2O4P. The molecule has 20 heavy (non-hydrogen) atoms. The Morgan fingerprint density at radius 1 is 1.15 bits per heavy atom. The summed E-state index contributed by atoms with van der Waals surface area (Å²) in [5.74, 6) is 0.451. The van der Waals surface area contributed by atoms with Crippen molar-refractivity contribution in [2.75, 3.05) is 0 Å². The Kier molecular flexibility index (Phi) is 10.2. The van der Waals surface area contributed by atoms with Crippen molar-refractivity contribution < 1.29 is 78.0 Å². The predicted molar refractivity (Wildman–Crippen MR) is 67.5 cm³/mol. The van der Waals surface area contributed by atoms with Gasteiger partial charge in [-0.3, -0.25) is 0 Å². The molecule has 0 saturated heterocycles. The largest absolute Gasteiger partial charge is 1.00 e. The molecule has 0 saturated carbocycles. The Morgan fingerprint density at radius 3 is 2.00 bits per heavy atom. The zero-order valence-corrected chi connectivity index (χ0v) is 18.3. The molecule has 1 aromatic carbocycles. The summed E-state index contributed by atoms with van der Waals surface area (Å²) >= 11 is 0. The van der Waals surface area contributed by atoms with E-state index in [4.69, 9.17) is 0 Å². The molecule has 1 rings (SSSR count). The van der Waals surface area contributed by atoms with Crippen LogP contribution in [0.25, 0.3) is 0 Å². The van der Waals surface area contributed by atoms with Gasteiger partial charge in [0.05, 0.1) is 0 Å². The zero-order chi connectivity index (χ0) is 14.1. The van der Waals surface area contributed by atoms with Gasteiger partial charge in [-0.15, -0.1) is 0 Å². The van der Waals surface area contributed by atoms with E-state index in [0.717, 1.165) is 11.1 Å². The standard InChI is InChI=1S/C13H21O4P.2Na/c1-9(2)10-6-7-12(17-18(14,15)16)11(8-10)13(3,4)5;;/h6-9H,1-5H3,(H2,14,15,16);;/q;2*+1/p-2. The van der Waals surface area contributed by atoms with Crippen LogP contribution in [0.2, 0.25) is 0 Å². The van der Waals surface area contributed by atoms with E-state index in [-0.39, 0.29) is 70.3 Å². The summed E-state index contributed by atoms with van der Waals surface area (Å²) in [6.07, 6.45) is 0. The number of phosphoric ester groups is 1. The number of rotatable bonds is 3. The molecule has 0 aliphatic rings. The molecule has 1 aromatic rings. The van der Waals surface area contributed by atoms with E-state index in [1.807, 2.05) is 40.7 Å². The van der Waals surface area contributed by atoms with E-state index in [0.29, 0.717) is 5.92 Å². The second-order valence-electron chi connectivity index (χ2n) is 5.70. The second kappa shape index (κ2) is 8.71. The van der Waals surface area contributed by atoms with Gasteiger partial charge >= 0.3 is 59.1 Å². The third-order valence-electron chi connectivity index (χ3n) is 2.69. The van der Waals surface area contributed by atoms with Crippen molar-refractivity contribution in [2.24, 2.45) is 0 Å². The molecule has 7 heteroatoms. The first kappa shape index (κ1) is 23.4. The average molecular weight is 316 g/mol. The average Bonchev–Trinajstić information content (AvgIpc) is 2.13. The molecule has 0 heterocycles. The van der Waals surface area contributed by atoms with Gasteiger partial charge in [-0.05, 0) is 23.0 Å². The van der Waals surface area contributed by atoms with Gasteiger partial charge in [0, 0.05) is 5.56 Å². The molecule has 0 fully saturated rings. The number of phosphoric acid groups is 1. The second-order valence-corrected chi connectivity index (χ2v) is 6.78.